The highest BCUT2D eigenvalue weighted by Crippen LogP contribution is 2.27. The Kier molecular flexibility index (Phi) is 5.85. The number of rotatable bonds is 2. The molecule has 2 heterocycles. The van der Waals surface area contributed by atoms with E-state index in [4.69, 9.17) is 4.52 Å². The average Bonchev–Trinajstić information content (AvgIpc) is 3.04. The smallest absolute Gasteiger partial charge is 0.258 e. The van der Waals surface area contributed by atoms with Crippen molar-refractivity contribution in [2.45, 2.75) is 39.2 Å². The predicted molar refractivity (Wildman–Crippen MR) is 99.1 cm³/mol. The summed E-state index contributed by atoms with van der Waals surface area (Å²) in [6.45, 7) is 10.4. The number of benzene rings is 1. The van der Waals surface area contributed by atoms with Gasteiger partial charge in [-0.3, -0.25) is 4.79 Å². The highest BCUT2D eigenvalue weighted by atomic mass is 35.5. The molecule has 0 spiro atoms. The SMILES string of the molecule is CC1CN(C(=O)c2ccccc2-c2nc(C(C)(C)C)no2)CCN1.Cl. The molecule has 1 amide bonds. The van der Waals surface area contributed by atoms with E-state index in [1.54, 1.807) is 0 Å². The van der Waals surface area contributed by atoms with E-state index in [1.807, 2.05) is 49.9 Å². The van der Waals surface area contributed by atoms with Crippen molar-refractivity contribution >= 4 is 18.3 Å². The molecule has 136 valence electrons. The monoisotopic (exact) mass is 364 g/mol. The largest absolute Gasteiger partial charge is 0.336 e. The van der Waals surface area contributed by atoms with Crippen molar-refractivity contribution in [2.75, 3.05) is 19.6 Å². The summed E-state index contributed by atoms with van der Waals surface area (Å²) in [5, 5.41) is 7.42. The number of carbonyl (C=O) groups excluding carboxylic acids is 1. The quantitative estimate of drug-likeness (QED) is 0.887. The topological polar surface area (TPSA) is 71.3 Å². The van der Waals surface area contributed by atoms with E-state index < -0.39 is 0 Å². The van der Waals surface area contributed by atoms with Gasteiger partial charge in [0.15, 0.2) is 5.82 Å². The van der Waals surface area contributed by atoms with Crippen molar-refractivity contribution < 1.29 is 9.32 Å². The van der Waals surface area contributed by atoms with E-state index in [0.29, 0.717) is 42.0 Å². The van der Waals surface area contributed by atoms with Crippen LogP contribution in [0, 0.1) is 0 Å². The Hall–Kier alpha value is -1.92. The Morgan fingerprint density at radius 1 is 1.32 bits per heavy atom. The standard InChI is InChI=1S/C18H24N4O2.ClH/c1-12-11-22(10-9-19-12)16(23)14-8-6-5-7-13(14)15-20-17(21-24-15)18(2,3)4;/h5-8,12,19H,9-11H2,1-4H3;1H. The van der Waals surface area contributed by atoms with Gasteiger partial charge in [-0.2, -0.15) is 4.98 Å². The van der Waals surface area contributed by atoms with Crippen LogP contribution in [0.1, 0.15) is 43.9 Å². The molecule has 6 nitrogen and oxygen atoms in total. The van der Waals surface area contributed by atoms with Gasteiger partial charge in [-0.15, -0.1) is 12.4 Å². The van der Waals surface area contributed by atoms with Gasteiger partial charge in [0.1, 0.15) is 0 Å². The summed E-state index contributed by atoms with van der Waals surface area (Å²) in [6, 6.07) is 7.73. The van der Waals surface area contributed by atoms with Crippen molar-refractivity contribution in [3.8, 4) is 11.5 Å². The van der Waals surface area contributed by atoms with Gasteiger partial charge in [-0.25, -0.2) is 0 Å². The molecular weight excluding hydrogens is 340 g/mol. The van der Waals surface area contributed by atoms with E-state index in [-0.39, 0.29) is 23.7 Å². The predicted octanol–water partition coefficient (Wildman–Crippen LogP) is 2.89. The average molecular weight is 365 g/mol. The van der Waals surface area contributed by atoms with Gasteiger partial charge < -0.3 is 14.7 Å². The van der Waals surface area contributed by atoms with Gasteiger partial charge >= 0.3 is 0 Å². The Balaban J connectivity index is 0.00000225. The fraction of sp³-hybridized carbons (Fsp3) is 0.500. The van der Waals surface area contributed by atoms with Crippen molar-refractivity contribution in [3.05, 3.63) is 35.7 Å². The molecule has 3 rings (SSSR count). The van der Waals surface area contributed by atoms with Crippen LogP contribution in [0.4, 0.5) is 0 Å². The number of halogens is 1. The molecule has 1 aliphatic rings. The summed E-state index contributed by atoms with van der Waals surface area (Å²) in [6.07, 6.45) is 0. The van der Waals surface area contributed by atoms with Crippen LogP contribution in [0.15, 0.2) is 28.8 Å². The van der Waals surface area contributed by atoms with Gasteiger partial charge in [0.25, 0.3) is 11.8 Å². The van der Waals surface area contributed by atoms with E-state index >= 15 is 0 Å². The molecule has 2 aromatic rings. The van der Waals surface area contributed by atoms with Gasteiger partial charge in [-0.05, 0) is 19.1 Å². The van der Waals surface area contributed by atoms with Crippen molar-refractivity contribution in [1.82, 2.24) is 20.4 Å². The molecular formula is C18H25ClN4O2. The summed E-state index contributed by atoms with van der Waals surface area (Å²) in [7, 11) is 0. The van der Waals surface area contributed by atoms with Crippen LogP contribution in [-0.4, -0.2) is 46.6 Å². The lowest BCUT2D eigenvalue weighted by molar-refractivity contribution is 0.0709. The lowest BCUT2D eigenvalue weighted by Gasteiger charge is -2.32. The number of piperazine rings is 1. The van der Waals surface area contributed by atoms with Crippen LogP contribution in [0.25, 0.3) is 11.5 Å². The molecule has 1 fully saturated rings. The summed E-state index contributed by atoms with van der Waals surface area (Å²) < 4.78 is 5.43. The lowest BCUT2D eigenvalue weighted by atomic mass is 9.96. The molecule has 0 aliphatic carbocycles. The van der Waals surface area contributed by atoms with Crippen LogP contribution < -0.4 is 5.32 Å². The second kappa shape index (κ2) is 7.54. The maximum atomic E-state index is 13.0. The highest BCUT2D eigenvalue weighted by Gasteiger charge is 2.27. The Morgan fingerprint density at radius 2 is 2.04 bits per heavy atom. The lowest BCUT2D eigenvalue weighted by Crippen LogP contribution is -2.51. The zero-order valence-corrected chi connectivity index (χ0v) is 15.9. The van der Waals surface area contributed by atoms with Crippen molar-refractivity contribution in [3.63, 3.8) is 0 Å². The number of nitrogens with zero attached hydrogens (tertiary/aromatic N) is 3. The first kappa shape index (κ1) is 19.4. The van der Waals surface area contributed by atoms with E-state index in [0.717, 1.165) is 6.54 Å². The molecule has 25 heavy (non-hydrogen) atoms. The fourth-order valence-electron chi connectivity index (χ4n) is 2.78. The molecule has 1 unspecified atom stereocenters. The summed E-state index contributed by atoms with van der Waals surface area (Å²) in [5.74, 6) is 1.04. The van der Waals surface area contributed by atoms with Crippen molar-refractivity contribution in [1.29, 1.82) is 0 Å². The van der Waals surface area contributed by atoms with Crippen LogP contribution >= 0.6 is 12.4 Å². The van der Waals surface area contributed by atoms with Gasteiger partial charge in [0.05, 0.1) is 11.1 Å². The van der Waals surface area contributed by atoms with Gasteiger partial charge in [0, 0.05) is 31.1 Å². The Morgan fingerprint density at radius 3 is 2.68 bits per heavy atom. The minimum atomic E-state index is -0.200. The molecule has 0 radical (unpaired) electrons. The number of nitrogens with one attached hydrogen (secondary N) is 1. The second-order valence-corrected chi connectivity index (χ2v) is 7.33. The fourth-order valence-corrected chi connectivity index (χ4v) is 2.78. The summed E-state index contributed by atoms with van der Waals surface area (Å²) in [4.78, 5) is 19.3. The number of carbonyl (C=O) groups is 1. The Bertz CT molecular complexity index is 739. The molecule has 1 saturated heterocycles. The maximum absolute atomic E-state index is 13.0. The van der Waals surface area contributed by atoms with E-state index in [2.05, 4.69) is 22.4 Å². The minimum absolute atomic E-state index is 0. The highest BCUT2D eigenvalue weighted by molar-refractivity contribution is 6.00. The molecule has 1 aliphatic heterocycles. The molecule has 1 N–H and O–H groups in total. The third-order valence-corrected chi connectivity index (χ3v) is 4.14. The molecule has 1 aromatic carbocycles. The summed E-state index contributed by atoms with van der Waals surface area (Å²) in [5.41, 5.74) is 1.10. The number of aromatic nitrogens is 2. The minimum Gasteiger partial charge on any atom is -0.336 e. The first-order valence-electron chi connectivity index (χ1n) is 8.32. The molecule has 0 saturated carbocycles. The summed E-state index contributed by atoms with van der Waals surface area (Å²) >= 11 is 0. The number of hydrogen-bond acceptors (Lipinski definition) is 5. The molecule has 1 atom stereocenters. The third-order valence-electron chi connectivity index (χ3n) is 4.14. The maximum Gasteiger partial charge on any atom is 0.258 e. The zero-order valence-electron chi connectivity index (χ0n) is 15.1. The number of amides is 1. The van der Waals surface area contributed by atoms with Crippen molar-refractivity contribution in [2.24, 2.45) is 0 Å². The normalized spacial score (nSPS) is 17.9. The van der Waals surface area contributed by atoms with Gasteiger partial charge in [-0.1, -0.05) is 38.1 Å². The second-order valence-electron chi connectivity index (χ2n) is 7.33. The zero-order chi connectivity index (χ0) is 17.3. The number of hydrogen-bond donors (Lipinski definition) is 1. The van der Waals surface area contributed by atoms with E-state index in [9.17, 15) is 4.79 Å². The molecule has 0 bridgehead atoms. The molecule has 1 aromatic heterocycles. The van der Waals surface area contributed by atoms with E-state index in [1.165, 1.54) is 0 Å². The third kappa shape index (κ3) is 4.19. The Labute approximate surface area is 154 Å². The van der Waals surface area contributed by atoms with Crippen LogP contribution in [0.3, 0.4) is 0 Å². The van der Waals surface area contributed by atoms with Crippen LogP contribution in [-0.2, 0) is 5.41 Å². The van der Waals surface area contributed by atoms with Crippen LogP contribution in [0.5, 0.6) is 0 Å². The first-order valence-corrected chi connectivity index (χ1v) is 8.32. The first-order chi connectivity index (χ1) is 11.4. The molecule has 7 heteroatoms. The van der Waals surface area contributed by atoms with Gasteiger partial charge in [0.2, 0.25) is 0 Å². The van der Waals surface area contributed by atoms with Crippen LogP contribution in [0.2, 0.25) is 0 Å².